The van der Waals surface area contributed by atoms with Crippen LogP contribution in [0.2, 0.25) is 0 Å². The second-order valence-electron chi connectivity index (χ2n) is 7.79. The monoisotopic (exact) mass is 411 g/mol. The molecular formula is C21H25N5O2S. The number of carbonyl (C=O) groups is 1. The Morgan fingerprint density at radius 1 is 1.21 bits per heavy atom. The molecule has 0 radical (unpaired) electrons. The van der Waals surface area contributed by atoms with Gasteiger partial charge in [0, 0.05) is 38.9 Å². The Hall–Kier alpha value is -2.74. The predicted molar refractivity (Wildman–Crippen MR) is 115 cm³/mol. The van der Waals surface area contributed by atoms with E-state index in [2.05, 4.69) is 23.8 Å². The van der Waals surface area contributed by atoms with Crippen molar-refractivity contribution in [2.45, 2.75) is 26.8 Å². The van der Waals surface area contributed by atoms with Gasteiger partial charge in [0.1, 0.15) is 0 Å². The van der Waals surface area contributed by atoms with Crippen molar-refractivity contribution in [3.63, 3.8) is 0 Å². The summed E-state index contributed by atoms with van der Waals surface area (Å²) in [5, 5.41) is 4.00. The molecule has 0 aliphatic carbocycles. The predicted octanol–water partition coefficient (Wildman–Crippen LogP) is 2.40. The third-order valence-corrected chi connectivity index (χ3v) is 5.88. The SMILES string of the molecule is CC(C)Cn1c(=O)c(N2CCN(C(=O)Cc3ccsc3)CC2)nc2ccncc21. The quantitative estimate of drug-likeness (QED) is 0.645. The number of hydrogen-bond donors (Lipinski definition) is 0. The van der Waals surface area contributed by atoms with Crippen LogP contribution in [0.3, 0.4) is 0 Å². The van der Waals surface area contributed by atoms with Crippen LogP contribution in [0.5, 0.6) is 0 Å². The van der Waals surface area contributed by atoms with E-state index in [4.69, 9.17) is 0 Å². The van der Waals surface area contributed by atoms with Crippen LogP contribution in [-0.4, -0.2) is 51.5 Å². The lowest BCUT2D eigenvalue weighted by atomic mass is 10.2. The number of anilines is 1. The Bertz CT molecular complexity index is 1050. The normalized spacial score (nSPS) is 14.7. The third kappa shape index (κ3) is 4.17. The van der Waals surface area contributed by atoms with Crippen molar-refractivity contribution in [2.24, 2.45) is 5.92 Å². The maximum Gasteiger partial charge on any atom is 0.294 e. The molecule has 0 bridgehead atoms. The zero-order valence-corrected chi connectivity index (χ0v) is 17.6. The lowest BCUT2D eigenvalue weighted by molar-refractivity contribution is -0.130. The number of fused-ring (bicyclic) bond motifs is 1. The van der Waals surface area contributed by atoms with Crippen LogP contribution in [0.15, 0.2) is 40.1 Å². The first-order valence-corrected chi connectivity index (χ1v) is 10.9. The Morgan fingerprint density at radius 2 is 2.00 bits per heavy atom. The molecule has 0 N–H and O–H groups in total. The lowest BCUT2D eigenvalue weighted by Crippen LogP contribution is -2.51. The van der Waals surface area contributed by atoms with Crippen LogP contribution in [0.1, 0.15) is 19.4 Å². The minimum absolute atomic E-state index is 0.0859. The van der Waals surface area contributed by atoms with E-state index in [0.717, 1.165) is 16.6 Å². The summed E-state index contributed by atoms with van der Waals surface area (Å²) in [6, 6.07) is 3.83. The first-order valence-electron chi connectivity index (χ1n) is 9.91. The highest BCUT2D eigenvalue weighted by Crippen LogP contribution is 2.17. The van der Waals surface area contributed by atoms with E-state index in [1.807, 2.05) is 32.7 Å². The summed E-state index contributed by atoms with van der Waals surface area (Å²) < 4.78 is 1.78. The molecule has 1 fully saturated rings. The molecule has 3 aromatic heterocycles. The summed E-state index contributed by atoms with van der Waals surface area (Å²) in [5.41, 5.74) is 2.51. The Balaban J connectivity index is 1.54. The zero-order chi connectivity index (χ0) is 20.4. The van der Waals surface area contributed by atoms with Crippen molar-refractivity contribution in [1.29, 1.82) is 0 Å². The van der Waals surface area contributed by atoms with Gasteiger partial charge in [0.15, 0.2) is 5.82 Å². The number of rotatable bonds is 5. The Labute approximate surface area is 173 Å². The topological polar surface area (TPSA) is 71.3 Å². The number of nitrogens with zero attached hydrogens (tertiary/aromatic N) is 5. The van der Waals surface area contributed by atoms with Crippen molar-refractivity contribution < 1.29 is 4.79 Å². The van der Waals surface area contributed by atoms with Gasteiger partial charge in [-0.15, -0.1) is 0 Å². The molecule has 4 rings (SSSR count). The molecule has 1 amide bonds. The maximum absolute atomic E-state index is 13.2. The zero-order valence-electron chi connectivity index (χ0n) is 16.7. The molecule has 152 valence electrons. The van der Waals surface area contributed by atoms with E-state index in [-0.39, 0.29) is 11.5 Å². The molecule has 0 spiro atoms. The number of hydrogen-bond acceptors (Lipinski definition) is 6. The van der Waals surface area contributed by atoms with Crippen LogP contribution >= 0.6 is 11.3 Å². The van der Waals surface area contributed by atoms with Crippen LogP contribution in [-0.2, 0) is 17.8 Å². The number of piperazine rings is 1. The van der Waals surface area contributed by atoms with E-state index < -0.39 is 0 Å². The standard InChI is InChI=1S/C21H25N5O2S/c1-15(2)13-26-18-12-22-5-3-17(18)23-20(21(26)28)25-8-6-24(7-9-25)19(27)11-16-4-10-29-14-16/h3-5,10,12,14-15H,6-9,11,13H2,1-2H3. The number of carbonyl (C=O) groups excluding carboxylic acids is 1. The minimum atomic E-state index is -0.0859. The summed E-state index contributed by atoms with van der Waals surface area (Å²) in [4.78, 5) is 38.4. The van der Waals surface area contributed by atoms with Gasteiger partial charge in [-0.1, -0.05) is 13.8 Å². The summed E-state index contributed by atoms with van der Waals surface area (Å²) >= 11 is 1.60. The second kappa shape index (κ2) is 8.32. The fourth-order valence-corrected chi connectivity index (χ4v) is 4.34. The minimum Gasteiger partial charge on any atom is -0.348 e. The van der Waals surface area contributed by atoms with Gasteiger partial charge in [-0.05, 0) is 34.4 Å². The highest BCUT2D eigenvalue weighted by Gasteiger charge is 2.25. The fraction of sp³-hybridized carbons (Fsp3) is 0.429. The lowest BCUT2D eigenvalue weighted by Gasteiger charge is -2.35. The molecule has 8 heteroatoms. The number of thiophene rings is 1. The smallest absolute Gasteiger partial charge is 0.294 e. The molecule has 0 saturated carbocycles. The molecule has 1 aliphatic rings. The van der Waals surface area contributed by atoms with Gasteiger partial charge in [-0.2, -0.15) is 11.3 Å². The molecule has 4 heterocycles. The van der Waals surface area contributed by atoms with Gasteiger partial charge in [0.2, 0.25) is 5.91 Å². The number of amides is 1. The first-order chi connectivity index (χ1) is 14.0. The van der Waals surface area contributed by atoms with E-state index in [9.17, 15) is 9.59 Å². The van der Waals surface area contributed by atoms with Crippen LogP contribution in [0, 0.1) is 5.92 Å². The molecule has 3 aromatic rings. The van der Waals surface area contributed by atoms with Gasteiger partial charge >= 0.3 is 0 Å². The average Bonchev–Trinajstić information content (AvgIpc) is 3.23. The Morgan fingerprint density at radius 3 is 2.69 bits per heavy atom. The number of aromatic nitrogens is 3. The molecular weight excluding hydrogens is 386 g/mol. The third-order valence-electron chi connectivity index (χ3n) is 5.15. The molecule has 7 nitrogen and oxygen atoms in total. The van der Waals surface area contributed by atoms with E-state index >= 15 is 0 Å². The van der Waals surface area contributed by atoms with Gasteiger partial charge in [-0.25, -0.2) is 4.98 Å². The van der Waals surface area contributed by atoms with Crippen molar-refractivity contribution in [1.82, 2.24) is 19.4 Å². The maximum atomic E-state index is 13.2. The molecule has 0 unspecified atom stereocenters. The van der Waals surface area contributed by atoms with Crippen LogP contribution in [0.25, 0.3) is 11.0 Å². The van der Waals surface area contributed by atoms with Crippen molar-refractivity contribution >= 4 is 34.1 Å². The van der Waals surface area contributed by atoms with Crippen LogP contribution in [0.4, 0.5) is 5.82 Å². The Kier molecular flexibility index (Phi) is 5.62. The highest BCUT2D eigenvalue weighted by molar-refractivity contribution is 7.08. The van der Waals surface area contributed by atoms with Gasteiger partial charge in [-0.3, -0.25) is 14.6 Å². The largest absolute Gasteiger partial charge is 0.348 e. The van der Waals surface area contributed by atoms with Crippen LogP contribution < -0.4 is 10.5 Å². The molecule has 0 atom stereocenters. The molecule has 1 saturated heterocycles. The van der Waals surface area contributed by atoms with Gasteiger partial charge < -0.3 is 14.4 Å². The second-order valence-corrected chi connectivity index (χ2v) is 8.57. The molecule has 29 heavy (non-hydrogen) atoms. The number of pyridine rings is 1. The first kappa shape index (κ1) is 19.6. The van der Waals surface area contributed by atoms with E-state index in [1.165, 1.54) is 0 Å². The summed E-state index contributed by atoms with van der Waals surface area (Å²) in [7, 11) is 0. The highest BCUT2D eigenvalue weighted by atomic mass is 32.1. The summed E-state index contributed by atoms with van der Waals surface area (Å²) in [6.45, 7) is 7.21. The van der Waals surface area contributed by atoms with Crippen molar-refractivity contribution in [2.75, 3.05) is 31.1 Å². The van der Waals surface area contributed by atoms with E-state index in [1.54, 1.807) is 28.3 Å². The summed E-state index contributed by atoms with van der Waals surface area (Å²) in [5.74, 6) is 0.935. The molecule has 1 aliphatic heterocycles. The fourth-order valence-electron chi connectivity index (χ4n) is 3.67. The van der Waals surface area contributed by atoms with E-state index in [0.29, 0.717) is 50.9 Å². The average molecular weight is 412 g/mol. The van der Waals surface area contributed by atoms with Crippen molar-refractivity contribution in [3.05, 3.63) is 51.2 Å². The molecule has 0 aromatic carbocycles. The van der Waals surface area contributed by atoms with Gasteiger partial charge in [0.25, 0.3) is 5.56 Å². The summed E-state index contributed by atoms with van der Waals surface area (Å²) in [6.07, 6.45) is 3.84. The van der Waals surface area contributed by atoms with Gasteiger partial charge in [0.05, 0.1) is 23.7 Å². The van der Waals surface area contributed by atoms with Crippen molar-refractivity contribution in [3.8, 4) is 0 Å².